The largest absolute Gasteiger partial charge is 0.290 e. The first kappa shape index (κ1) is 12.8. The number of benzene rings is 1. The van der Waals surface area contributed by atoms with Crippen molar-refractivity contribution in [1.82, 2.24) is 20.2 Å². The van der Waals surface area contributed by atoms with Gasteiger partial charge in [-0.25, -0.2) is 15.1 Å². The fourth-order valence-corrected chi connectivity index (χ4v) is 3.00. The van der Waals surface area contributed by atoms with Crippen molar-refractivity contribution < 1.29 is 0 Å². The van der Waals surface area contributed by atoms with Crippen LogP contribution >= 0.6 is 11.3 Å². The molecular formula is C16H10N4OS. The molecule has 1 aromatic carbocycles. The first-order chi connectivity index (χ1) is 10.8. The molecule has 0 aliphatic carbocycles. The minimum absolute atomic E-state index is 0.310. The fraction of sp³-hybridized carbons (Fsp3) is 0. The Bertz CT molecular complexity index is 994. The van der Waals surface area contributed by atoms with Crippen LogP contribution in [-0.2, 0) is 0 Å². The molecule has 0 radical (unpaired) electrons. The molecule has 0 atom stereocenters. The van der Waals surface area contributed by atoms with E-state index in [1.165, 1.54) is 0 Å². The number of hydrogen-bond acceptors (Lipinski definition) is 5. The zero-order valence-electron chi connectivity index (χ0n) is 11.4. The quantitative estimate of drug-likeness (QED) is 0.617. The second kappa shape index (κ2) is 5.16. The Hall–Kier alpha value is -2.86. The molecule has 3 heterocycles. The summed E-state index contributed by atoms with van der Waals surface area (Å²) >= 11 is 1.56. The van der Waals surface area contributed by atoms with E-state index in [1.54, 1.807) is 17.5 Å². The SMILES string of the molecule is O=c1[nH]nc(-c2cccs2)c2cnc(-c3ccccc3)nc12. The van der Waals surface area contributed by atoms with Crippen molar-refractivity contribution in [3.05, 3.63) is 64.4 Å². The number of rotatable bonds is 2. The third-order valence-electron chi connectivity index (χ3n) is 3.31. The van der Waals surface area contributed by atoms with E-state index in [-0.39, 0.29) is 5.56 Å². The van der Waals surface area contributed by atoms with Crippen molar-refractivity contribution in [2.24, 2.45) is 0 Å². The molecule has 0 unspecified atom stereocenters. The van der Waals surface area contributed by atoms with E-state index in [0.717, 1.165) is 10.4 Å². The average Bonchev–Trinajstić information content (AvgIpc) is 3.10. The highest BCUT2D eigenvalue weighted by Gasteiger charge is 2.12. The number of fused-ring (bicyclic) bond motifs is 1. The Morgan fingerprint density at radius 3 is 2.68 bits per heavy atom. The van der Waals surface area contributed by atoms with Crippen LogP contribution in [0.3, 0.4) is 0 Å². The van der Waals surface area contributed by atoms with Gasteiger partial charge in [0.25, 0.3) is 5.56 Å². The van der Waals surface area contributed by atoms with Crippen LogP contribution in [0.5, 0.6) is 0 Å². The van der Waals surface area contributed by atoms with Gasteiger partial charge in [-0.15, -0.1) is 11.3 Å². The molecule has 4 aromatic rings. The van der Waals surface area contributed by atoms with E-state index in [4.69, 9.17) is 0 Å². The van der Waals surface area contributed by atoms with Crippen molar-refractivity contribution >= 4 is 22.2 Å². The lowest BCUT2D eigenvalue weighted by Gasteiger charge is -2.04. The van der Waals surface area contributed by atoms with Crippen LogP contribution < -0.4 is 5.56 Å². The lowest BCUT2D eigenvalue weighted by atomic mass is 10.2. The lowest BCUT2D eigenvalue weighted by Crippen LogP contribution is -2.11. The Balaban J connectivity index is 1.98. The highest BCUT2D eigenvalue weighted by atomic mass is 32.1. The summed E-state index contributed by atoms with van der Waals surface area (Å²) in [5, 5.41) is 9.29. The van der Waals surface area contributed by atoms with Gasteiger partial charge in [-0.1, -0.05) is 36.4 Å². The van der Waals surface area contributed by atoms with E-state index in [2.05, 4.69) is 20.2 Å². The third-order valence-corrected chi connectivity index (χ3v) is 4.19. The zero-order chi connectivity index (χ0) is 14.9. The van der Waals surface area contributed by atoms with Crippen LogP contribution in [-0.4, -0.2) is 20.2 Å². The van der Waals surface area contributed by atoms with Crippen LogP contribution in [0.4, 0.5) is 0 Å². The summed E-state index contributed by atoms with van der Waals surface area (Å²) in [6.07, 6.45) is 1.67. The topological polar surface area (TPSA) is 71.5 Å². The lowest BCUT2D eigenvalue weighted by molar-refractivity contribution is 1.01. The maximum Gasteiger partial charge on any atom is 0.290 e. The second-order valence-corrected chi connectivity index (χ2v) is 5.65. The summed E-state index contributed by atoms with van der Waals surface area (Å²) in [7, 11) is 0. The molecule has 0 saturated heterocycles. The predicted molar refractivity (Wildman–Crippen MR) is 86.7 cm³/mol. The van der Waals surface area contributed by atoms with Crippen molar-refractivity contribution in [2.45, 2.75) is 0 Å². The number of aromatic nitrogens is 4. The maximum atomic E-state index is 12.1. The standard InChI is InChI=1S/C16H10N4OS/c21-16-14-11(13(19-20-16)12-7-4-8-22-12)9-17-15(18-14)10-5-2-1-3-6-10/h1-9H,(H,20,21). The van der Waals surface area contributed by atoms with E-state index in [1.807, 2.05) is 47.8 Å². The number of nitrogens with one attached hydrogen (secondary N) is 1. The first-order valence-electron chi connectivity index (χ1n) is 6.67. The Morgan fingerprint density at radius 2 is 1.91 bits per heavy atom. The van der Waals surface area contributed by atoms with Crippen LogP contribution in [0.1, 0.15) is 0 Å². The smallest absolute Gasteiger partial charge is 0.266 e. The predicted octanol–water partition coefficient (Wildman–Crippen LogP) is 3.11. The highest BCUT2D eigenvalue weighted by Crippen LogP contribution is 2.27. The molecule has 0 aliphatic heterocycles. The van der Waals surface area contributed by atoms with Gasteiger partial charge >= 0.3 is 0 Å². The molecule has 4 rings (SSSR count). The normalized spacial score (nSPS) is 10.9. The molecule has 0 amide bonds. The van der Waals surface area contributed by atoms with Crippen LogP contribution in [0.25, 0.3) is 32.9 Å². The second-order valence-electron chi connectivity index (χ2n) is 4.70. The summed E-state index contributed by atoms with van der Waals surface area (Å²) < 4.78 is 0. The third kappa shape index (κ3) is 2.10. The van der Waals surface area contributed by atoms with Gasteiger partial charge in [-0.2, -0.15) is 5.10 Å². The average molecular weight is 306 g/mol. The monoisotopic (exact) mass is 306 g/mol. The molecule has 0 fully saturated rings. The molecule has 6 heteroatoms. The minimum Gasteiger partial charge on any atom is -0.266 e. The molecule has 22 heavy (non-hydrogen) atoms. The number of thiophene rings is 1. The minimum atomic E-state index is -0.310. The Morgan fingerprint density at radius 1 is 1.05 bits per heavy atom. The van der Waals surface area contributed by atoms with E-state index in [9.17, 15) is 4.79 Å². The number of nitrogens with zero attached hydrogens (tertiary/aromatic N) is 3. The summed E-state index contributed by atoms with van der Waals surface area (Å²) in [4.78, 5) is 21.9. The van der Waals surface area contributed by atoms with E-state index >= 15 is 0 Å². The number of aromatic amines is 1. The molecule has 1 N–H and O–H groups in total. The Kier molecular flexibility index (Phi) is 3.01. The van der Waals surface area contributed by atoms with Gasteiger partial charge in [0, 0.05) is 11.8 Å². The summed E-state index contributed by atoms with van der Waals surface area (Å²) in [5.41, 5.74) is 1.62. The van der Waals surface area contributed by atoms with Gasteiger partial charge in [0.2, 0.25) is 0 Å². The Labute approximate surface area is 129 Å². The summed E-state index contributed by atoms with van der Waals surface area (Å²) in [6, 6.07) is 13.5. The van der Waals surface area contributed by atoms with Crippen LogP contribution in [0, 0.1) is 0 Å². The summed E-state index contributed by atoms with van der Waals surface area (Å²) in [5.74, 6) is 0.530. The molecule has 0 spiro atoms. The van der Waals surface area contributed by atoms with Crippen LogP contribution in [0.2, 0.25) is 0 Å². The van der Waals surface area contributed by atoms with Crippen molar-refractivity contribution in [3.63, 3.8) is 0 Å². The van der Waals surface area contributed by atoms with Gasteiger partial charge < -0.3 is 0 Å². The molecule has 3 aromatic heterocycles. The van der Waals surface area contributed by atoms with Gasteiger partial charge in [-0.05, 0) is 11.4 Å². The van der Waals surface area contributed by atoms with E-state index in [0.29, 0.717) is 22.4 Å². The van der Waals surface area contributed by atoms with Crippen molar-refractivity contribution in [1.29, 1.82) is 0 Å². The molecule has 0 aliphatic rings. The molecule has 0 bridgehead atoms. The maximum absolute atomic E-state index is 12.1. The first-order valence-corrected chi connectivity index (χ1v) is 7.55. The van der Waals surface area contributed by atoms with Crippen molar-refractivity contribution in [2.75, 3.05) is 0 Å². The van der Waals surface area contributed by atoms with Gasteiger partial charge in [0.15, 0.2) is 5.82 Å². The molecule has 106 valence electrons. The van der Waals surface area contributed by atoms with Gasteiger partial charge in [-0.3, -0.25) is 4.79 Å². The number of H-pyrrole nitrogens is 1. The van der Waals surface area contributed by atoms with Crippen LogP contribution in [0.15, 0.2) is 58.8 Å². The fourth-order valence-electron chi connectivity index (χ4n) is 2.28. The van der Waals surface area contributed by atoms with Gasteiger partial charge in [0.1, 0.15) is 11.2 Å². The summed E-state index contributed by atoms with van der Waals surface area (Å²) in [6.45, 7) is 0. The highest BCUT2D eigenvalue weighted by molar-refractivity contribution is 7.13. The van der Waals surface area contributed by atoms with Crippen molar-refractivity contribution in [3.8, 4) is 22.0 Å². The van der Waals surface area contributed by atoms with E-state index < -0.39 is 0 Å². The molecule has 5 nitrogen and oxygen atoms in total. The van der Waals surface area contributed by atoms with Gasteiger partial charge in [0.05, 0.1) is 10.3 Å². The molecule has 0 saturated carbocycles. The number of hydrogen-bond donors (Lipinski definition) is 1. The zero-order valence-corrected chi connectivity index (χ0v) is 12.2. The molecular weight excluding hydrogens is 296 g/mol.